The Morgan fingerprint density at radius 2 is 1.84 bits per heavy atom. The SMILES string of the molecule is c1ccc2sc(-c3cnc4[nH]cc(-c5ccnc(NC6CCCCCC6)n5)c4c3)cc2c1. The van der Waals surface area contributed by atoms with Crippen molar-refractivity contribution in [1.29, 1.82) is 0 Å². The van der Waals surface area contributed by atoms with Crippen molar-refractivity contribution in [2.45, 2.75) is 44.6 Å². The van der Waals surface area contributed by atoms with Crippen LogP contribution in [0.25, 0.3) is 42.8 Å². The van der Waals surface area contributed by atoms with Crippen molar-refractivity contribution in [2.75, 3.05) is 5.32 Å². The van der Waals surface area contributed by atoms with Crippen molar-refractivity contribution in [1.82, 2.24) is 19.9 Å². The van der Waals surface area contributed by atoms with Crippen LogP contribution >= 0.6 is 11.3 Å². The molecule has 1 aromatic carbocycles. The van der Waals surface area contributed by atoms with E-state index in [9.17, 15) is 0 Å². The minimum absolute atomic E-state index is 0.469. The standard InChI is InChI=1S/C26H25N5S/c1-2-4-9-19(8-3-1)30-26-27-12-11-22(31-26)21-16-29-25-20(21)13-18(15-28-25)24-14-17-7-5-6-10-23(17)32-24/h5-7,10-16,19H,1-4,8-9H2,(H,28,29)(H,27,30,31). The third kappa shape index (κ3) is 3.75. The quantitative estimate of drug-likeness (QED) is 0.295. The highest BCUT2D eigenvalue weighted by atomic mass is 32.1. The number of benzene rings is 1. The van der Waals surface area contributed by atoms with E-state index >= 15 is 0 Å². The summed E-state index contributed by atoms with van der Waals surface area (Å²) in [6.45, 7) is 0. The number of hydrogen-bond donors (Lipinski definition) is 2. The number of thiophene rings is 1. The van der Waals surface area contributed by atoms with Gasteiger partial charge in [0.1, 0.15) is 5.65 Å². The van der Waals surface area contributed by atoms with Crippen LogP contribution in [0.1, 0.15) is 38.5 Å². The monoisotopic (exact) mass is 439 g/mol. The molecule has 5 aromatic rings. The third-order valence-electron chi connectivity index (χ3n) is 6.36. The number of nitrogens with zero attached hydrogens (tertiary/aromatic N) is 3. The molecule has 0 amide bonds. The molecule has 0 aliphatic heterocycles. The molecule has 0 atom stereocenters. The van der Waals surface area contributed by atoms with Crippen LogP contribution in [0.5, 0.6) is 0 Å². The Kier molecular flexibility index (Phi) is 5.07. The van der Waals surface area contributed by atoms with E-state index in [0.29, 0.717) is 6.04 Å². The number of pyridine rings is 1. The van der Waals surface area contributed by atoms with Crippen molar-refractivity contribution in [2.24, 2.45) is 0 Å². The highest BCUT2D eigenvalue weighted by molar-refractivity contribution is 7.22. The maximum atomic E-state index is 4.86. The normalized spacial score (nSPS) is 15.2. The molecule has 6 rings (SSSR count). The van der Waals surface area contributed by atoms with Gasteiger partial charge in [-0.15, -0.1) is 11.3 Å². The average Bonchev–Trinajstić information content (AvgIpc) is 3.36. The Morgan fingerprint density at radius 3 is 2.72 bits per heavy atom. The molecule has 0 radical (unpaired) electrons. The summed E-state index contributed by atoms with van der Waals surface area (Å²) < 4.78 is 1.29. The molecule has 1 saturated carbocycles. The Labute approximate surface area is 191 Å². The van der Waals surface area contributed by atoms with Crippen molar-refractivity contribution >= 4 is 38.4 Å². The van der Waals surface area contributed by atoms with Crippen molar-refractivity contribution in [3.8, 4) is 21.7 Å². The second kappa shape index (κ2) is 8.36. The molecule has 1 aliphatic carbocycles. The maximum absolute atomic E-state index is 4.86. The van der Waals surface area contributed by atoms with Gasteiger partial charge in [-0.05, 0) is 42.5 Å². The van der Waals surface area contributed by atoms with Crippen LogP contribution in [0.15, 0.2) is 61.1 Å². The molecule has 5 nitrogen and oxygen atoms in total. The molecule has 2 N–H and O–H groups in total. The molecule has 1 aliphatic rings. The predicted octanol–water partition coefficient (Wildman–Crippen LogP) is 7.04. The van der Waals surface area contributed by atoms with Gasteiger partial charge < -0.3 is 10.3 Å². The summed E-state index contributed by atoms with van der Waals surface area (Å²) >= 11 is 1.80. The second-order valence-electron chi connectivity index (χ2n) is 8.57. The van der Waals surface area contributed by atoms with Crippen LogP contribution in [0.2, 0.25) is 0 Å². The van der Waals surface area contributed by atoms with Gasteiger partial charge in [0.15, 0.2) is 0 Å². The minimum Gasteiger partial charge on any atom is -0.351 e. The molecule has 0 saturated heterocycles. The number of aromatic amines is 1. The smallest absolute Gasteiger partial charge is 0.223 e. The van der Waals surface area contributed by atoms with Gasteiger partial charge in [0.2, 0.25) is 5.95 Å². The van der Waals surface area contributed by atoms with Crippen molar-refractivity contribution in [3.05, 3.63) is 61.1 Å². The lowest BCUT2D eigenvalue weighted by Crippen LogP contribution is -2.19. The Balaban J connectivity index is 1.34. The summed E-state index contributed by atoms with van der Waals surface area (Å²) in [5.41, 5.74) is 3.98. The molecule has 4 aromatic heterocycles. The van der Waals surface area contributed by atoms with Crippen LogP contribution in [-0.4, -0.2) is 26.0 Å². The highest BCUT2D eigenvalue weighted by Crippen LogP contribution is 2.36. The Bertz CT molecular complexity index is 1340. The number of fused-ring (bicyclic) bond motifs is 2. The molecular weight excluding hydrogens is 414 g/mol. The fourth-order valence-corrected chi connectivity index (χ4v) is 5.70. The van der Waals surface area contributed by atoms with E-state index < -0.39 is 0 Å². The molecule has 0 spiro atoms. The fraction of sp³-hybridized carbons (Fsp3) is 0.269. The van der Waals surface area contributed by atoms with Gasteiger partial charge in [0.25, 0.3) is 0 Å². The number of H-pyrrole nitrogens is 1. The zero-order valence-electron chi connectivity index (χ0n) is 17.8. The lowest BCUT2D eigenvalue weighted by atomic mass is 10.1. The van der Waals surface area contributed by atoms with Gasteiger partial charge in [0, 0.05) is 50.7 Å². The van der Waals surface area contributed by atoms with E-state index in [1.54, 1.807) is 11.3 Å². The van der Waals surface area contributed by atoms with Gasteiger partial charge in [-0.25, -0.2) is 15.0 Å². The Morgan fingerprint density at radius 1 is 0.969 bits per heavy atom. The topological polar surface area (TPSA) is 66.5 Å². The molecule has 32 heavy (non-hydrogen) atoms. The van der Waals surface area contributed by atoms with Crippen LogP contribution in [0.4, 0.5) is 5.95 Å². The molecule has 0 unspecified atom stereocenters. The number of anilines is 1. The van der Waals surface area contributed by atoms with E-state index in [4.69, 9.17) is 9.97 Å². The van der Waals surface area contributed by atoms with Gasteiger partial charge in [-0.2, -0.15) is 0 Å². The van der Waals surface area contributed by atoms with Gasteiger partial charge in [0.05, 0.1) is 5.69 Å². The van der Waals surface area contributed by atoms with Crippen LogP contribution < -0.4 is 5.32 Å². The summed E-state index contributed by atoms with van der Waals surface area (Å²) in [4.78, 5) is 18.6. The molecule has 0 bridgehead atoms. The van der Waals surface area contributed by atoms with E-state index in [-0.39, 0.29) is 0 Å². The summed E-state index contributed by atoms with van der Waals surface area (Å²) in [7, 11) is 0. The van der Waals surface area contributed by atoms with Gasteiger partial charge in [-0.1, -0.05) is 43.9 Å². The van der Waals surface area contributed by atoms with Crippen molar-refractivity contribution in [3.63, 3.8) is 0 Å². The van der Waals surface area contributed by atoms with E-state index in [0.717, 1.165) is 33.8 Å². The minimum atomic E-state index is 0.469. The zero-order valence-corrected chi connectivity index (χ0v) is 18.7. The summed E-state index contributed by atoms with van der Waals surface area (Å²) in [6, 6.07) is 15.4. The summed E-state index contributed by atoms with van der Waals surface area (Å²) in [5, 5.41) is 5.93. The first-order valence-corrected chi connectivity index (χ1v) is 12.2. The van der Waals surface area contributed by atoms with E-state index in [2.05, 4.69) is 51.7 Å². The van der Waals surface area contributed by atoms with Gasteiger partial charge in [-0.3, -0.25) is 0 Å². The zero-order chi connectivity index (χ0) is 21.3. The molecule has 1 fully saturated rings. The highest BCUT2D eigenvalue weighted by Gasteiger charge is 2.15. The first-order valence-electron chi connectivity index (χ1n) is 11.4. The predicted molar refractivity (Wildman–Crippen MR) is 133 cm³/mol. The molecular formula is C26H25N5S. The summed E-state index contributed by atoms with van der Waals surface area (Å²) in [5.74, 6) is 0.720. The van der Waals surface area contributed by atoms with Crippen LogP contribution in [0, 0.1) is 0 Å². The lowest BCUT2D eigenvalue weighted by molar-refractivity contribution is 0.615. The largest absolute Gasteiger partial charge is 0.351 e. The van der Waals surface area contributed by atoms with E-state index in [1.807, 2.05) is 24.7 Å². The Hall–Kier alpha value is -3.25. The van der Waals surface area contributed by atoms with Crippen LogP contribution in [-0.2, 0) is 0 Å². The number of aromatic nitrogens is 4. The molecule has 4 heterocycles. The maximum Gasteiger partial charge on any atom is 0.223 e. The fourth-order valence-electron chi connectivity index (χ4n) is 4.66. The first kappa shape index (κ1) is 19.4. The second-order valence-corrected chi connectivity index (χ2v) is 9.65. The van der Waals surface area contributed by atoms with Crippen LogP contribution in [0.3, 0.4) is 0 Å². The number of nitrogens with one attached hydrogen (secondary N) is 2. The molecule has 6 heteroatoms. The van der Waals surface area contributed by atoms with Crippen molar-refractivity contribution < 1.29 is 0 Å². The number of hydrogen-bond acceptors (Lipinski definition) is 5. The van der Waals surface area contributed by atoms with E-state index in [1.165, 1.54) is 53.5 Å². The number of rotatable bonds is 4. The summed E-state index contributed by atoms with van der Waals surface area (Å²) in [6.07, 6.45) is 13.4. The molecule has 160 valence electrons. The first-order chi connectivity index (χ1) is 15.8. The third-order valence-corrected chi connectivity index (χ3v) is 7.53. The lowest BCUT2D eigenvalue weighted by Gasteiger charge is -2.16. The van der Waals surface area contributed by atoms with Gasteiger partial charge >= 0.3 is 0 Å². The average molecular weight is 440 g/mol.